The lowest BCUT2D eigenvalue weighted by atomic mass is 9.91. The highest BCUT2D eigenvalue weighted by Gasteiger charge is 2.43. The first-order chi connectivity index (χ1) is 11.8. The van der Waals surface area contributed by atoms with Crippen molar-refractivity contribution in [3.8, 4) is 0 Å². The fraction of sp³-hybridized carbons (Fsp3) is 0.294. The van der Waals surface area contributed by atoms with E-state index in [2.05, 4.69) is 16.0 Å². The molecule has 1 heterocycles. The number of carbonyl (C=O) groups excluding carboxylic acids is 3. The highest BCUT2D eigenvalue weighted by Crippen LogP contribution is 2.24. The molecule has 8 heteroatoms. The van der Waals surface area contributed by atoms with Gasteiger partial charge in [0.1, 0.15) is 11.6 Å². The van der Waals surface area contributed by atoms with E-state index in [1.54, 1.807) is 38.1 Å². The van der Waals surface area contributed by atoms with Gasteiger partial charge in [-0.05, 0) is 38.0 Å². The number of amides is 4. The molecule has 2 atom stereocenters. The number of urea groups is 1. The maximum absolute atomic E-state index is 12.2. The number of carboxylic acids is 1. The Kier molecular flexibility index (Phi) is 5.21. The molecule has 25 heavy (non-hydrogen) atoms. The van der Waals surface area contributed by atoms with Crippen LogP contribution in [0.4, 0.5) is 4.79 Å². The molecule has 1 aliphatic heterocycles. The smallest absolute Gasteiger partial charge is 0.326 e. The molecule has 1 saturated heterocycles. The third-order valence-electron chi connectivity index (χ3n) is 3.98. The molecule has 1 aromatic rings. The van der Waals surface area contributed by atoms with Gasteiger partial charge in [0.25, 0.3) is 11.8 Å². The minimum absolute atomic E-state index is 0.180. The molecule has 0 radical (unpaired) electrons. The van der Waals surface area contributed by atoms with E-state index in [1.165, 1.54) is 12.1 Å². The summed E-state index contributed by atoms with van der Waals surface area (Å²) in [4.78, 5) is 46.6. The SMILES string of the molecule is C/C=C/CC(NC(=O)c1ccc(C2(C)NC(=O)NC2=O)cc1)C(=O)O. The Labute approximate surface area is 144 Å². The van der Waals surface area contributed by atoms with Gasteiger partial charge in [-0.15, -0.1) is 0 Å². The number of nitrogens with one attached hydrogen (secondary N) is 3. The van der Waals surface area contributed by atoms with E-state index in [0.717, 1.165) is 0 Å². The summed E-state index contributed by atoms with van der Waals surface area (Å²) < 4.78 is 0. The van der Waals surface area contributed by atoms with Crippen LogP contribution in [0.1, 0.15) is 36.2 Å². The zero-order valence-corrected chi connectivity index (χ0v) is 13.8. The van der Waals surface area contributed by atoms with Gasteiger partial charge in [-0.1, -0.05) is 24.3 Å². The van der Waals surface area contributed by atoms with E-state index in [9.17, 15) is 19.2 Å². The monoisotopic (exact) mass is 345 g/mol. The van der Waals surface area contributed by atoms with Gasteiger partial charge < -0.3 is 15.7 Å². The second kappa shape index (κ2) is 7.16. The van der Waals surface area contributed by atoms with Crippen molar-refractivity contribution in [2.75, 3.05) is 0 Å². The predicted molar refractivity (Wildman–Crippen MR) is 88.8 cm³/mol. The van der Waals surface area contributed by atoms with Crippen molar-refractivity contribution in [1.82, 2.24) is 16.0 Å². The molecule has 8 nitrogen and oxygen atoms in total. The summed E-state index contributed by atoms with van der Waals surface area (Å²) >= 11 is 0. The summed E-state index contributed by atoms with van der Waals surface area (Å²) in [5, 5.41) is 16.3. The molecule has 0 saturated carbocycles. The summed E-state index contributed by atoms with van der Waals surface area (Å²) in [5.41, 5.74) is -0.443. The van der Waals surface area contributed by atoms with Crippen LogP contribution >= 0.6 is 0 Å². The van der Waals surface area contributed by atoms with Crippen LogP contribution in [-0.4, -0.2) is 35.0 Å². The molecule has 4 N–H and O–H groups in total. The van der Waals surface area contributed by atoms with Crippen molar-refractivity contribution < 1.29 is 24.3 Å². The predicted octanol–water partition coefficient (Wildman–Crippen LogP) is 0.890. The van der Waals surface area contributed by atoms with Gasteiger partial charge >= 0.3 is 12.0 Å². The van der Waals surface area contributed by atoms with Gasteiger partial charge in [0.2, 0.25) is 0 Å². The highest BCUT2D eigenvalue weighted by atomic mass is 16.4. The quantitative estimate of drug-likeness (QED) is 0.450. The molecule has 2 unspecified atom stereocenters. The van der Waals surface area contributed by atoms with Gasteiger partial charge in [0.15, 0.2) is 0 Å². The topological polar surface area (TPSA) is 125 Å². The molecule has 0 spiro atoms. The average Bonchev–Trinajstić information content (AvgIpc) is 2.84. The highest BCUT2D eigenvalue weighted by molar-refractivity contribution is 6.07. The summed E-state index contributed by atoms with van der Waals surface area (Å²) in [6.45, 7) is 3.32. The standard InChI is InChI=1S/C17H19N3O5/c1-3-4-5-12(14(22)23)18-13(21)10-6-8-11(9-7-10)17(2)15(24)19-16(25)20-17/h3-4,6-9,12H,5H2,1-2H3,(H,18,21)(H,22,23)(H2,19,20,24,25)/b4-3+. The number of carbonyl (C=O) groups is 4. The average molecular weight is 345 g/mol. The first-order valence-electron chi connectivity index (χ1n) is 7.67. The van der Waals surface area contributed by atoms with Gasteiger partial charge in [-0.2, -0.15) is 0 Å². The lowest BCUT2D eigenvalue weighted by molar-refractivity contribution is -0.139. The van der Waals surface area contributed by atoms with Crippen LogP contribution in [0.5, 0.6) is 0 Å². The van der Waals surface area contributed by atoms with E-state index in [-0.39, 0.29) is 12.0 Å². The fourth-order valence-corrected chi connectivity index (χ4v) is 2.44. The largest absolute Gasteiger partial charge is 0.480 e. The van der Waals surface area contributed by atoms with Crippen molar-refractivity contribution in [3.05, 3.63) is 47.5 Å². The lowest BCUT2D eigenvalue weighted by Gasteiger charge is -2.21. The molecule has 4 amide bonds. The van der Waals surface area contributed by atoms with Gasteiger partial charge in [0.05, 0.1) is 0 Å². The van der Waals surface area contributed by atoms with Crippen molar-refractivity contribution in [2.24, 2.45) is 0 Å². The fourth-order valence-electron chi connectivity index (χ4n) is 2.44. The molecule has 1 aromatic carbocycles. The third kappa shape index (κ3) is 3.85. The van der Waals surface area contributed by atoms with Crippen LogP contribution in [0.3, 0.4) is 0 Å². The molecule has 132 valence electrons. The van der Waals surface area contributed by atoms with Crippen LogP contribution in [0, 0.1) is 0 Å². The molecular weight excluding hydrogens is 326 g/mol. The van der Waals surface area contributed by atoms with E-state index >= 15 is 0 Å². The third-order valence-corrected chi connectivity index (χ3v) is 3.98. The Morgan fingerprint density at radius 2 is 1.92 bits per heavy atom. The summed E-state index contributed by atoms with van der Waals surface area (Å²) in [6, 6.07) is 4.43. The van der Waals surface area contributed by atoms with Crippen molar-refractivity contribution in [3.63, 3.8) is 0 Å². The van der Waals surface area contributed by atoms with E-state index in [4.69, 9.17) is 5.11 Å². The Bertz CT molecular complexity index is 741. The van der Waals surface area contributed by atoms with Crippen molar-refractivity contribution >= 4 is 23.8 Å². The zero-order chi connectivity index (χ0) is 18.6. The molecule has 0 bridgehead atoms. The minimum atomic E-state index is -1.21. The van der Waals surface area contributed by atoms with Gasteiger partial charge in [-0.25, -0.2) is 9.59 Å². The number of rotatable bonds is 6. The van der Waals surface area contributed by atoms with E-state index in [0.29, 0.717) is 5.56 Å². The Balaban J connectivity index is 2.14. The number of imide groups is 1. The Morgan fingerprint density at radius 3 is 2.40 bits per heavy atom. The lowest BCUT2D eigenvalue weighted by Crippen LogP contribution is -2.41. The van der Waals surface area contributed by atoms with Crippen LogP contribution in [-0.2, 0) is 15.1 Å². The van der Waals surface area contributed by atoms with Crippen molar-refractivity contribution in [1.29, 1.82) is 0 Å². The number of carboxylic acid groups (broad SMARTS) is 1. The first kappa shape index (κ1) is 18.2. The number of hydrogen-bond acceptors (Lipinski definition) is 4. The number of hydrogen-bond donors (Lipinski definition) is 4. The van der Waals surface area contributed by atoms with Gasteiger partial charge in [-0.3, -0.25) is 14.9 Å². The maximum atomic E-state index is 12.2. The van der Waals surface area contributed by atoms with E-state index in [1.807, 2.05) is 0 Å². The Morgan fingerprint density at radius 1 is 1.28 bits per heavy atom. The molecule has 1 fully saturated rings. The van der Waals surface area contributed by atoms with Crippen LogP contribution < -0.4 is 16.0 Å². The summed E-state index contributed by atoms with van der Waals surface area (Å²) in [6.07, 6.45) is 3.54. The Hall–Kier alpha value is -3.16. The van der Waals surface area contributed by atoms with E-state index < -0.39 is 35.4 Å². The number of aliphatic carboxylic acids is 1. The normalized spacial score (nSPS) is 20.9. The molecule has 2 rings (SSSR count). The maximum Gasteiger partial charge on any atom is 0.326 e. The number of allylic oxidation sites excluding steroid dienone is 1. The van der Waals surface area contributed by atoms with Crippen LogP contribution in [0.25, 0.3) is 0 Å². The molecular formula is C17H19N3O5. The summed E-state index contributed by atoms with van der Waals surface area (Å²) in [5.74, 6) is -2.14. The van der Waals surface area contributed by atoms with Crippen LogP contribution in [0.2, 0.25) is 0 Å². The molecule has 0 aliphatic carbocycles. The molecule has 1 aliphatic rings. The summed E-state index contributed by atoms with van der Waals surface area (Å²) in [7, 11) is 0. The second-order valence-electron chi connectivity index (χ2n) is 5.78. The number of benzene rings is 1. The van der Waals surface area contributed by atoms with Crippen LogP contribution in [0.15, 0.2) is 36.4 Å². The first-order valence-corrected chi connectivity index (χ1v) is 7.67. The van der Waals surface area contributed by atoms with Crippen molar-refractivity contribution in [2.45, 2.75) is 31.8 Å². The molecule has 0 aromatic heterocycles. The second-order valence-corrected chi connectivity index (χ2v) is 5.78. The zero-order valence-electron chi connectivity index (χ0n) is 13.8. The van der Waals surface area contributed by atoms with Gasteiger partial charge in [0, 0.05) is 5.56 Å². The minimum Gasteiger partial charge on any atom is -0.480 e.